The monoisotopic (exact) mass is 255 g/mol. The van der Waals surface area contributed by atoms with Crippen molar-refractivity contribution in [2.75, 3.05) is 7.11 Å². The van der Waals surface area contributed by atoms with Crippen LogP contribution in [0.1, 0.15) is 16.7 Å². The van der Waals surface area contributed by atoms with E-state index in [1.54, 1.807) is 31.5 Å². The summed E-state index contributed by atoms with van der Waals surface area (Å²) in [4.78, 5) is 4.39. The first-order chi connectivity index (χ1) is 9.08. The van der Waals surface area contributed by atoms with Gasteiger partial charge in [0.2, 0.25) is 0 Å². The topological polar surface area (TPSA) is 41.8 Å². The second-order valence-corrected chi connectivity index (χ2v) is 4.53. The van der Waals surface area contributed by atoms with Crippen LogP contribution in [0, 0.1) is 13.8 Å². The Balaban J connectivity index is 2.31. The summed E-state index contributed by atoms with van der Waals surface area (Å²) in [6, 6.07) is 11.2. The summed E-state index contributed by atoms with van der Waals surface area (Å²) in [6.07, 6.45) is 1.64. The van der Waals surface area contributed by atoms with Gasteiger partial charge >= 0.3 is 0 Å². The third kappa shape index (κ3) is 3.35. The largest absolute Gasteiger partial charge is 0.507 e. The van der Waals surface area contributed by atoms with Gasteiger partial charge < -0.3 is 9.84 Å². The highest BCUT2D eigenvalue weighted by Gasteiger charge is 2.01. The molecular weight excluding hydrogens is 238 g/mol. The Hall–Kier alpha value is -2.29. The van der Waals surface area contributed by atoms with Gasteiger partial charge in [-0.1, -0.05) is 6.07 Å². The molecule has 3 heteroatoms. The second kappa shape index (κ2) is 5.57. The molecule has 0 spiro atoms. The van der Waals surface area contributed by atoms with Gasteiger partial charge in [-0.3, -0.25) is 4.99 Å². The van der Waals surface area contributed by atoms with Gasteiger partial charge in [-0.05, 0) is 55.3 Å². The maximum atomic E-state index is 9.77. The fourth-order valence-electron chi connectivity index (χ4n) is 1.93. The van der Waals surface area contributed by atoms with Crippen LogP contribution in [0.25, 0.3) is 0 Å². The third-order valence-corrected chi connectivity index (χ3v) is 2.79. The molecule has 0 aromatic heterocycles. The lowest BCUT2D eigenvalue weighted by Gasteiger charge is -2.03. The molecule has 0 amide bonds. The molecule has 1 N–H and O–H groups in total. The predicted octanol–water partition coefficient (Wildman–Crippen LogP) is 3.77. The van der Waals surface area contributed by atoms with Crippen molar-refractivity contribution in [2.24, 2.45) is 4.99 Å². The zero-order valence-corrected chi connectivity index (χ0v) is 11.3. The van der Waals surface area contributed by atoms with Gasteiger partial charge in [0, 0.05) is 11.8 Å². The first-order valence-corrected chi connectivity index (χ1v) is 6.08. The summed E-state index contributed by atoms with van der Waals surface area (Å²) in [5.41, 5.74) is 3.85. The molecule has 2 aromatic rings. The number of hydrogen-bond acceptors (Lipinski definition) is 3. The van der Waals surface area contributed by atoms with E-state index in [0.29, 0.717) is 11.3 Å². The normalized spacial score (nSPS) is 10.9. The first kappa shape index (κ1) is 13.1. The van der Waals surface area contributed by atoms with Gasteiger partial charge in [0.25, 0.3) is 0 Å². The Labute approximate surface area is 113 Å². The molecule has 0 saturated heterocycles. The van der Waals surface area contributed by atoms with Crippen LogP contribution in [-0.4, -0.2) is 18.4 Å². The standard InChI is InChI=1S/C16H17NO2/c1-11-6-12(2)8-14(7-11)17-10-13-9-15(19-3)4-5-16(13)18/h4-10,18H,1-3H3. The first-order valence-electron chi connectivity index (χ1n) is 6.08. The smallest absolute Gasteiger partial charge is 0.124 e. The molecule has 2 rings (SSSR count). The van der Waals surface area contributed by atoms with E-state index >= 15 is 0 Å². The van der Waals surface area contributed by atoms with Gasteiger partial charge in [-0.25, -0.2) is 0 Å². The molecule has 19 heavy (non-hydrogen) atoms. The van der Waals surface area contributed by atoms with Crippen LogP contribution in [0.4, 0.5) is 5.69 Å². The molecule has 0 aliphatic heterocycles. The summed E-state index contributed by atoms with van der Waals surface area (Å²) in [6.45, 7) is 4.07. The number of methoxy groups -OCH3 is 1. The zero-order valence-electron chi connectivity index (χ0n) is 11.3. The van der Waals surface area contributed by atoms with Crippen LogP contribution in [0.5, 0.6) is 11.5 Å². The van der Waals surface area contributed by atoms with E-state index in [9.17, 15) is 5.11 Å². The maximum Gasteiger partial charge on any atom is 0.124 e. The van der Waals surface area contributed by atoms with Crippen molar-refractivity contribution in [3.05, 3.63) is 53.1 Å². The molecule has 0 radical (unpaired) electrons. The minimum absolute atomic E-state index is 0.189. The number of rotatable bonds is 3. The molecule has 2 aromatic carbocycles. The second-order valence-electron chi connectivity index (χ2n) is 4.53. The molecule has 0 aliphatic carbocycles. The third-order valence-electron chi connectivity index (χ3n) is 2.79. The maximum absolute atomic E-state index is 9.77. The minimum Gasteiger partial charge on any atom is -0.507 e. The quantitative estimate of drug-likeness (QED) is 0.848. The highest BCUT2D eigenvalue weighted by atomic mass is 16.5. The van der Waals surface area contributed by atoms with Crippen LogP contribution < -0.4 is 4.74 Å². The lowest BCUT2D eigenvalue weighted by Crippen LogP contribution is -1.87. The molecule has 0 unspecified atom stereocenters. The van der Waals surface area contributed by atoms with Gasteiger partial charge in [-0.2, -0.15) is 0 Å². The Morgan fingerprint density at radius 1 is 1.05 bits per heavy atom. The molecule has 98 valence electrons. The highest BCUT2D eigenvalue weighted by Crippen LogP contribution is 2.23. The van der Waals surface area contributed by atoms with Crippen molar-refractivity contribution in [2.45, 2.75) is 13.8 Å². The summed E-state index contributed by atoms with van der Waals surface area (Å²) in [5.74, 6) is 0.883. The number of hydrogen-bond donors (Lipinski definition) is 1. The minimum atomic E-state index is 0.189. The van der Waals surface area contributed by atoms with E-state index in [0.717, 1.165) is 5.69 Å². The van der Waals surface area contributed by atoms with E-state index in [4.69, 9.17) is 4.74 Å². The fourth-order valence-corrected chi connectivity index (χ4v) is 1.93. The van der Waals surface area contributed by atoms with E-state index in [1.165, 1.54) is 11.1 Å². The number of phenolic OH excluding ortho intramolecular Hbond substituents is 1. The van der Waals surface area contributed by atoms with Crippen LogP contribution in [0.15, 0.2) is 41.4 Å². The zero-order chi connectivity index (χ0) is 13.8. The van der Waals surface area contributed by atoms with Crippen molar-refractivity contribution in [3.63, 3.8) is 0 Å². The summed E-state index contributed by atoms with van der Waals surface area (Å²) in [7, 11) is 1.59. The van der Waals surface area contributed by atoms with Crippen molar-refractivity contribution < 1.29 is 9.84 Å². The summed E-state index contributed by atoms with van der Waals surface area (Å²) < 4.78 is 5.13. The van der Waals surface area contributed by atoms with Gasteiger partial charge in [0.1, 0.15) is 11.5 Å². The number of ether oxygens (including phenoxy) is 1. The average molecular weight is 255 g/mol. The van der Waals surface area contributed by atoms with E-state index < -0.39 is 0 Å². The van der Waals surface area contributed by atoms with E-state index in [1.807, 2.05) is 26.0 Å². The molecular formula is C16H17NO2. The van der Waals surface area contributed by atoms with E-state index in [2.05, 4.69) is 11.1 Å². The van der Waals surface area contributed by atoms with Crippen molar-refractivity contribution in [3.8, 4) is 11.5 Å². The molecule has 0 aliphatic rings. The molecule has 0 atom stereocenters. The SMILES string of the molecule is COc1ccc(O)c(C=Nc2cc(C)cc(C)c2)c1. The number of nitrogens with zero attached hydrogens (tertiary/aromatic N) is 1. The highest BCUT2D eigenvalue weighted by molar-refractivity contribution is 5.86. The van der Waals surface area contributed by atoms with Gasteiger partial charge in [-0.15, -0.1) is 0 Å². The fraction of sp³-hybridized carbons (Fsp3) is 0.188. The molecule has 0 heterocycles. The molecule has 3 nitrogen and oxygen atoms in total. The lowest BCUT2D eigenvalue weighted by molar-refractivity contribution is 0.412. The average Bonchev–Trinajstić information content (AvgIpc) is 2.37. The lowest BCUT2D eigenvalue weighted by atomic mass is 10.1. The Morgan fingerprint density at radius 2 is 1.74 bits per heavy atom. The van der Waals surface area contributed by atoms with Crippen LogP contribution in [-0.2, 0) is 0 Å². The number of aromatic hydroxyl groups is 1. The Kier molecular flexibility index (Phi) is 3.85. The van der Waals surface area contributed by atoms with Gasteiger partial charge in [0.15, 0.2) is 0 Å². The van der Waals surface area contributed by atoms with Crippen molar-refractivity contribution >= 4 is 11.9 Å². The Bertz CT molecular complexity index is 598. The summed E-state index contributed by atoms with van der Waals surface area (Å²) in [5, 5.41) is 9.77. The van der Waals surface area contributed by atoms with Crippen LogP contribution in [0.2, 0.25) is 0 Å². The number of phenols is 1. The molecule has 0 saturated carbocycles. The van der Waals surface area contributed by atoms with Crippen LogP contribution in [0.3, 0.4) is 0 Å². The molecule has 0 bridgehead atoms. The van der Waals surface area contributed by atoms with Crippen molar-refractivity contribution in [1.82, 2.24) is 0 Å². The molecule has 0 fully saturated rings. The van der Waals surface area contributed by atoms with Gasteiger partial charge in [0.05, 0.1) is 12.8 Å². The van der Waals surface area contributed by atoms with E-state index in [-0.39, 0.29) is 5.75 Å². The number of aryl methyl sites for hydroxylation is 2. The van der Waals surface area contributed by atoms with Crippen molar-refractivity contribution in [1.29, 1.82) is 0 Å². The summed E-state index contributed by atoms with van der Waals surface area (Å²) >= 11 is 0. The predicted molar refractivity (Wildman–Crippen MR) is 77.8 cm³/mol. The van der Waals surface area contributed by atoms with Crippen LogP contribution >= 0.6 is 0 Å². The Morgan fingerprint density at radius 3 is 2.37 bits per heavy atom. The number of aliphatic imine (C=N–C) groups is 1. The number of benzene rings is 2.